The molecule has 6 aromatic rings. The van der Waals surface area contributed by atoms with E-state index in [4.69, 9.17) is 0 Å². The van der Waals surface area contributed by atoms with E-state index in [1.54, 1.807) is 24.3 Å². The number of para-hydroxylation sites is 1. The molecule has 0 radical (unpaired) electrons. The first-order chi connectivity index (χ1) is 22.6. The molecule has 0 saturated carbocycles. The molecule has 1 aliphatic heterocycles. The highest BCUT2D eigenvalue weighted by Gasteiger charge is 2.39. The molecule has 0 N–H and O–H groups in total. The lowest BCUT2D eigenvalue weighted by Gasteiger charge is -2.43. The van der Waals surface area contributed by atoms with Crippen LogP contribution in [0.3, 0.4) is 0 Å². The maximum Gasteiger partial charge on any atom is 0.197 e. The molecule has 0 fully saturated rings. The number of ketones is 2. The predicted octanol–water partition coefficient (Wildman–Crippen LogP) is 10.7. The van der Waals surface area contributed by atoms with Crippen molar-refractivity contribution in [3.63, 3.8) is 0 Å². The van der Waals surface area contributed by atoms with E-state index in [2.05, 4.69) is 30.9 Å². The Morgan fingerprint density at radius 3 is 2.17 bits per heavy atom. The Kier molecular flexibility index (Phi) is 6.38. The Balaban J connectivity index is 1.31. The summed E-state index contributed by atoms with van der Waals surface area (Å²) in [6.07, 6.45) is 1.69. The monoisotopic (exact) mass is 617 g/mol. The first-order valence-corrected chi connectivity index (χ1v) is 15.6. The summed E-state index contributed by atoms with van der Waals surface area (Å²) in [6, 6.07) is 35.1. The van der Waals surface area contributed by atoms with Crippen LogP contribution >= 0.6 is 0 Å². The average molecular weight is 618 g/mol. The Morgan fingerprint density at radius 2 is 1.40 bits per heavy atom. The highest BCUT2D eigenvalue weighted by molar-refractivity contribution is 6.41. The summed E-state index contributed by atoms with van der Waals surface area (Å²) in [5.41, 5.74) is 7.50. The molecule has 0 unspecified atom stereocenters. The minimum atomic E-state index is -0.608. The van der Waals surface area contributed by atoms with E-state index in [0.717, 1.165) is 50.1 Å². The van der Waals surface area contributed by atoms with Crippen LogP contribution in [0.2, 0.25) is 0 Å². The van der Waals surface area contributed by atoms with Crippen molar-refractivity contribution in [2.45, 2.75) is 26.2 Å². The number of Topliss-reactive ketones (excluding diaryl/α,β-unsaturated/α-hetero) is 2. The molecule has 0 atom stereocenters. The number of anilines is 3. The van der Waals surface area contributed by atoms with E-state index in [1.165, 1.54) is 18.2 Å². The molecule has 0 spiro atoms. The van der Waals surface area contributed by atoms with Crippen LogP contribution in [0.1, 0.15) is 56.8 Å². The number of fused-ring (bicyclic) bond motifs is 5. The molecule has 1 heterocycles. The maximum atomic E-state index is 15.0. The van der Waals surface area contributed by atoms with Crippen LogP contribution in [0.5, 0.6) is 0 Å². The van der Waals surface area contributed by atoms with Gasteiger partial charge in [0, 0.05) is 22.2 Å². The second-order valence-corrected chi connectivity index (χ2v) is 12.8. The van der Waals surface area contributed by atoms with E-state index in [1.807, 2.05) is 73.7 Å². The topological polar surface area (TPSA) is 37.4 Å². The second kappa shape index (κ2) is 10.4. The number of hydrogen-bond acceptors (Lipinski definition) is 3. The summed E-state index contributed by atoms with van der Waals surface area (Å²) in [7, 11) is 0. The zero-order valence-electron chi connectivity index (χ0n) is 26.1. The fraction of sp³-hybridized carbons (Fsp3) is 0.0952. The second-order valence-electron chi connectivity index (χ2n) is 12.8. The number of carbonyl (C=O) groups is 2. The normalized spacial score (nSPS) is 15.6. The summed E-state index contributed by atoms with van der Waals surface area (Å²) >= 11 is 0. The zero-order chi connectivity index (χ0) is 32.6. The SMILES string of the molecule is Cc1ccc2c(c1)C(=O)/C(=C\c1ccc3c4c(ccc3c1)N(c1ccccc1)c1ccc(-c3c(F)cccc3F)cc1C4(C)C)C2=O. The number of rotatable bonds is 3. The molecule has 1 aliphatic carbocycles. The molecule has 3 nitrogen and oxygen atoms in total. The minimum absolute atomic E-state index is 0.0490. The lowest BCUT2D eigenvalue weighted by Crippen LogP contribution is -2.31. The first-order valence-electron chi connectivity index (χ1n) is 15.6. The van der Waals surface area contributed by atoms with Gasteiger partial charge >= 0.3 is 0 Å². The van der Waals surface area contributed by atoms with Gasteiger partial charge in [0.1, 0.15) is 11.6 Å². The standard InChI is InChI=1S/C42H29F2NO2/c1-24-12-16-30-31(20-24)41(47)32(40(30)46)22-25-13-17-29-26(21-25)14-19-37-39(29)42(2,3)33-23-27(38-34(43)10-7-11-35(38)44)15-18-36(33)45(37)28-8-5-4-6-9-28/h4-23H,1-3H3/b32-22-. The third kappa shape index (κ3) is 4.38. The number of aryl methyl sites for hydroxylation is 1. The number of benzene rings is 6. The largest absolute Gasteiger partial charge is 0.310 e. The molecule has 5 heteroatoms. The summed E-state index contributed by atoms with van der Waals surface area (Å²) in [5.74, 6) is -1.72. The maximum absolute atomic E-state index is 15.0. The van der Waals surface area contributed by atoms with Gasteiger partial charge < -0.3 is 4.90 Å². The molecule has 6 aromatic carbocycles. The van der Waals surface area contributed by atoms with Crippen molar-refractivity contribution in [1.29, 1.82) is 0 Å². The van der Waals surface area contributed by atoms with Crippen molar-refractivity contribution < 1.29 is 18.4 Å². The fourth-order valence-electron chi connectivity index (χ4n) is 7.29. The van der Waals surface area contributed by atoms with Gasteiger partial charge in [-0.05, 0) is 101 Å². The number of nitrogens with zero attached hydrogens (tertiary/aromatic N) is 1. The van der Waals surface area contributed by atoms with Crippen LogP contribution < -0.4 is 4.90 Å². The highest BCUT2D eigenvalue weighted by Crippen LogP contribution is 2.54. The van der Waals surface area contributed by atoms with Gasteiger partial charge in [0.2, 0.25) is 0 Å². The molecular formula is C42H29F2NO2. The summed E-state index contributed by atoms with van der Waals surface area (Å²) in [4.78, 5) is 28.6. The molecule has 0 aromatic heterocycles. The first kappa shape index (κ1) is 28.8. The number of allylic oxidation sites excluding steroid dienone is 1. The van der Waals surface area contributed by atoms with E-state index in [9.17, 15) is 18.4 Å². The van der Waals surface area contributed by atoms with Gasteiger partial charge in [0.25, 0.3) is 0 Å². The Bertz CT molecular complexity index is 2330. The Hall–Kier alpha value is -5.68. The van der Waals surface area contributed by atoms with E-state index in [-0.39, 0.29) is 22.7 Å². The van der Waals surface area contributed by atoms with Crippen LogP contribution in [-0.4, -0.2) is 11.6 Å². The number of hydrogen-bond donors (Lipinski definition) is 0. The van der Waals surface area contributed by atoms with Crippen LogP contribution in [0.4, 0.5) is 25.8 Å². The van der Waals surface area contributed by atoms with Gasteiger partial charge in [0.05, 0.1) is 22.5 Å². The number of halogens is 2. The van der Waals surface area contributed by atoms with Gasteiger partial charge in [-0.3, -0.25) is 9.59 Å². The average Bonchev–Trinajstić information content (AvgIpc) is 3.29. The third-order valence-corrected chi connectivity index (χ3v) is 9.53. The quantitative estimate of drug-likeness (QED) is 0.146. The Morgan fingerprint density at radius 1 is 0.681 bits per heavy atom. The molecule has 0 amide bonds. The van der Waals surface area contributed by atoms with Crippen LogP contribution in [-0.2, 0) is 5.41 Å². The summed E-state index contributed by atoms with van der Waals surface area (Å²) in [6.45, 7) is 6.18. The van der Waals surface area contributed by atoms with Gasteiger partial charge in [-0.25, -0.2) is 8.78 Å². The van der Waals surface area contributed by atoms with Crippen LogP contribution in [0.25, 0.3) is 28.0 Å². The number of carbonyl (C=O) groups excluding carboxylic acids is 2. The molecule has 228 valence electrons. The molecule has 47 heavy (non-hydrogen) atoms. The lowest BCUT2D eigenvalue weighted by molar-refractivity contribution is 0.0990. The van der Waals surface area contributed by atoms with Crippen molar-refractivity contribution in [3.8, 4) is 11.1 Å². The van der Waals surface area contributed by atoms with Crippen LogP contribution in [0, 0.1) is 18.6 Å². The van der Waals surface area contributed by atoms with Gasteiger partial charge in [-0.15, -0.1) is 0 Å². The van der Waals surface area contributed by atoms with Crippen molar-refractivity contribution in [2.75, 3.05) is 4.90 Å². The molecule has 8 rings (SSSR count). The molecular weight excluding hydrogens is 588 g/mol. The smallest absolute Gasteiger partial charge is 0.197 e. The van der Waals surface area contributed by atoms with Gasteiger partial charge in [-0.1, -0.05) is 80.1 Å². The van der Waals surface area contributed by atoms with E-state index in [0.29, 0.717) is 16.7 Å². The van der Waals surface area contributed by atoms with E-state index >= 15 is 0 Å². The van der Waals surface area contributed by atoms with Crippen molar-refractivity contribution in [2.24, 2.45) is 0 Å². The van der Waals surface area contributed by atoms with Crippen molar-refractivity contribution >= 4 is 45.5 Å². The Labute approximate surface area is 271 Å². The summed E-state index contributed by atoms with van der Waals surface area (Å²) < 4.78 is 30.0. The third-order valence-electron chi connectivity index (χ3n) is 9.53. The van der Waals surface area contributed by atoms with Gasteiger partial charge in [-0.2, -0.15) is 0 Å². The minimum Gasteiger partial charge on any atom is -0.310 e. The molecule has 0 saturated heterocycles. The zero-order valence-corrected chi connectivity index (χ0v) is 26.1. The molecule has 2 aliphatic rings. The summed E-state index contributed by atoms with van der Waals surface area (Å²) in [5, 5.41) is 1.96. The lowest BCUT2D eigenvalue weighted by atomic mass is 9.71. The predicted molar refractivity (Wildman–Crippen MR) is 184 cm³/mol. The van der Waals surface area contributed by atoms with Crippen molar-refractivity contribution in [1.82, 2.24) is 0 Å². The molecule has 0 bridgehead atoms. The van der Waals surface area contributed by atoms with Gasteiger partial charge in [0.15, 0.2) is 11.6 Å². The van der Waals surface area contributed by atoms with Crippen LogP contribution in [0.15, 0.2) is 121 Å². The highest BCUT2D eigenvalue weighted by atomic mass is 19.1. The fourth-order valence-corrected chi connectivity index (χ4v) is 7.29. The van der Waals surface area contributed by atoms with Crippen molar-refractivity contribution in [3.05, 3.63) is 166 Å². The van der Waals surface area contributed by atoms with E-state index < -0.39 is 17.0 Å².